The highest BCUT2D eigenvalue weighted by atomic mass is 32.1. The Morgan fingerprint density at radius 2 is 1.93 bits per heavy atom. The van der Waals surface area contributed by atoms with E-state index < -0.39 is 0 Å². The molecule has 30 heavy (non-hydrogen) atoms. The number of hydrogen-bond donors (Lipinski definition) is 0. The van der Waals surface area contributed by atoms with Gasteiger partial charge < -0.3 is 9.64 Å². The van der Waals surface area contributed by atoms with Gasteiger partial charge in [-0.05, 0) is 69.7 Å². The molecule has 3 aliphatic rings. The van der Waals surface area contributed by atoms with Gasteiger partial charge in [0.25, 0.3) is 0 Å². The van der Waals surface area contributed by atoms with Crippen molar-refractivity contribution in [2.75, 3.05) is 32.8 Å². The summed E-state index contributed by atoms with van der Waals surface area (Å²) in [5.41, 5.74) is 1.34. The molecule has 1 atom stereocenters. The van der Waals surface area contributed by atoms with Crippen molar-refractivity contribution in [3.63, 3.8) is 0 Å². The lowest BCUT2D eigenvalue weighted by Crippen LogP contribution is -2.43. The fourth-order valence-electron chi connectivity index (χ4n) is 5.71. The van der Waals surface area contributed by atoms with Gasteiger partial charge in [-0.25, -0.2) is 4.98 Å². The number of likely N-dealkylation sites (tertiary alicyclic amines) is 1. The van der Waals surface area contributed by atoms with Crippen LogP contribution in [0.25, 0.3) is 5.13 Å². The van der Waals surface area contributed by atoms with Crippen LogP contribution in [0.2, 0.25) is 0 Å². The van der Waals surface area contributed by atoms with Crippen LogP contribution in [-0.4, -0.2) is 64.3 Å². The minimum absolute atomic E-state index is 0.409. The molecule has 2 aromatic heterocycles. The largest absolute Gasteiger partial charge is 0.377 e. The van der Waals surface area contributed by atoms with Crippen molar-refractivity contribution in [3.05, 3.63) is 35.6 Å². The molecule has 0 radical (unpaired) electrons. The summed E-state index contributed by atoms with van der Waals surface area (Å²) >= 11 is 1.71. The Kier molecular flexibility index (Phi) is 6.85. The molecule has 1 saturated carbocycles. The first-order chi connectivity index (χ1) is 14.8. The molecule has 2 saturated heterocycles. The van der Waals surface area contributed by atoms with Crippen molar-refractivity contribution in [1.29, 1.82) is 0 Å². The van der Waals surface area contributed by atoms with Crippen LogP contribution >= 0.6 is 11.3 Å². The predicted molar refractivity (Wildman–Crippen MR) is 122 cm³/mol. The number of aromatic nitrogens is 2. The lowest BCUT2D eigenvalue weighted by atomic mass is 9.94. The minimum atomic E-state index is 0.409. The third kappa shape index (κ3) is 4.98. The van der Waals surface area contributed by atoms with E-state index >= 15 is 0 Å². The van der Waals surface area contributed by atoms with Gasteiger partial charge in [0.2, 0.25) is 0 Å². The van der Waals surface area contributed by atoms with E-state index in [1.54, 1.807) is 11.3 Å². The summed E-state index contributed by atoms with van der Waals surface area (Å²) in [5, 5.41) is 3.12. The molecule has 5 rings (SSSR count). The molecule has 3 fully saturated rings. The van der Waals surface area contributed by atoms with E-state index in [1.165, 1.54) is 76.7 Å². The van der Waals surface area contributed by atoms with E-state index in [9.17, 15) is 0 Å². The fraction of sp³-hybridized carbons (Fsp3) is 0.708. The summed E-state index contributed by atoms with van der Waals surface area (Å²) in [4.78, 5) is 9.99. The second kappa shape index (κ2) is 9.94. The Labute approximate surface area is 185 Å². The highest BCUT2D eigenvalue weighted by molar-refractivity contribution is 7.12. The number of thiazole rings is 1. The van der Waals surface area contributed by atoms with Gasteiger partial charge in [0.1, 0.15) is 0 Å². The minimum Gasteiger partial charge on any atom is -0.377 e. The van der Waals surface area contributed by atoms with Gasteiger partial charge in [-0.3, -0.25) is 9.47 Å². The van der Waals surface area contributed by atoms with Crippen LogP contribution in [0.5, 0.6) is 0 Å². The molecular weight excluding hydrogens is 392 g/mol. The molecule has 164 valence electrons. The first kappa shape index (κ1) is 20.7. The molecule has 5 nitrogen and oxygen atoms in total. The molecule has 6 heteroatoms. The van der Waals surface area contributed by atoms with Crippen molar-refractivity contribution < 1.29 is 4.74 Å². The Morgan fingerprint density at radius 3 is 2.67 bits per heavy atom. The van der Waals surface area contributed by atoms with E-state index in [1.807, 2.05) is 6.20 Å². The molecule has 0 spiro atoms. The highest BCUT2D eigenvalue weighted by Gasteiger charge is 2.29. The maximum absolute atomic E-state index is 6.01. The summed E-state index contributed by atoms with van der Waals surface area (Å²) < 4.78 is 8.27. The first-order valence-corrected chi connectivity index (χ1v) is 12.9. The maximum atomic E-state index is 6.01. The fourth-order valence-corrected chi connectivity index (χ4v) is 6.37. The molecule has 0 amide bonds. The van der Waals surface area contributed by atoms with E-state index in [0.29, 0.717) is 6.10 Å². The quantitative estimate of drug-likeness (QED) is 0.617. The topological polar surface area (TPSA) is 33.5 Å². The zero-order chi connectivity index (χ0) is 20.2. The number of rotatable bonds is 8. The average Bonchev–Trinajstić information content (AvgIpc) is 3.56. The zero-order valence-corrected chi connectivity index (χ0v) is 18.9. The van der Waals surface area contributed by atoms with Gasteiger partial charge in [0.05, 0.1) is 6.10 Å². The summed E-state index contributed by atoms with van der Waals surface area (Å²) in [6, 6.07) is 5.30. The van der Waals surface area contributed by atoms with Crippen molar-refractivity contribution in [3.8, 4) is 5.13 Å². The average molecular weight is 429 g/mol. The summed E-state index contributed by atoms with van der Waals surface area (Å²) in [6.45, 7) is 6.79. The normalized spacial score (nSPS) is 24.4. The molecule has 2 aromatic rings. The standard InChI is InChI=1S/C24H36N4OS/c1-2-6-21(5-1)27-13-9-20(10-14-27)17-26(19-23-8-4-15-29-23)18-22-7-3-12-28(22)24-25-11-16-30-24/h3,7,11-12,16,20-21,23H,1-2,4-6,8-10,13-15,17-19H2. The Morgan fingerprint density at radius 1 is 1.07 bits per heavy atom. The van der Waals surface area contributed by atoms with Crippen LogP contribution in [-0.2, 0) is 11.3 Å². The van der Waals surface area contributed by atoms with Crippen LogP contribution in [0.1, 0.15) is 57.1 Å². The first-order valence-electron chi connectivity index (χ1n) is 12.0. The van der Waals surface area contributed by atoms with Gasteiger partial charge in [-0.2, -0.15) is 0 Å². The lowest BCUT2D eigenvalue weighted by molar-refractivity contribution is 0.0534. The van der Waals surface area contributed by atoms with Crippen molar-refractivity contribution in [1.82, 2.24) is 19.4 Å². The van der Waals surface area contributed by atoms with E-state index in [-0.39, 0.29) is 0 Å². The van der Waals surface area contributed by atoms with Gasteiger partial charge in [0, 0.05) is 55.8 Å². The molecule has 0 N–H and O–H groups in total. The molecule has 1 unspecified atom stereocenters. The highest BCUT2D eigenvalue weighted by Crippen LogP contribution is 2.29. The number of ether oxygens (including phenoxy) is 1. The van der Waals surface area contributed by atoms with Gasteiger partial charge in [-0.1, -0.05) is 12.8 Å². The van der Waals surface area contributed by atoms with Crippen LogP contribution in [0, 0.1) is 5.92 Å². The monoisotopic (exact) mass is 428 g/mol. The van der Waals surface area contributed by atoms with Crippen LogP contribution in [0.15, 0.2) is 29.9 Å². The Bertz CT molecular complexity index is 756. The number of hydrogen-bond acceptors (Lipinski definition) is 5. The van der Waals surface area contributed by atoms with E-state index in [2.05, 4.69) is 43.1 Å². The lowest BCUT2D eigenvalue weighted by Gasteiger charge is -2.38. The SMILES string of the molecule is c1cc(CN(CC2CCN(C3CCCC3)CC2)CC2CCCO2)n(-c2nccs2)c1. The molecule has 2 aliphatic heterocycles. The predicted octanol–water partition coefficient (Wildman–Crippen LogP) is 4.57. The molecule has 1 aliphatic carbocycles. The summed E-state index contributed by atoms with van der Waals surface area (Å²) in [5.74, 6) is 0.812. The van der Waals surface area contributed by atoms with Crippen LogP contribution in [0.4, 0.5) is 0 Å². The van der Waals surface area contributed by atoms with Gasteiger partial charge in [-0.15, -0.1) is 11.3 Å². The van der Waals surface area contributed by atoms with Gasteiger partial charge >= 0.3 is 0 Å². The molecule has 0 aromatic carbocycles. The van der Waals surface area contributed by atoms with Crippen molar-refractivity contribution in [2.24, 2.45) is 5.92 Å². The second-order valence-electron chi connectivity index (χ2n) is 9.43. The van der Waals surface area contributed by atoms with E-state index in [0.717, 1.165) is 36.8 Å². The number of piperidine rings is 1. The Hall–Kier alpha value is -1.21. The third-order valence-corrected chi connectivity index (χ3v) is 8.11. The van der Waals surface area contributed by atoms with Gasteiger partial charge in [0.15, 0.2) is 5.13 Å². The van der Waals surface area contributed by atoms with Crippen molar-refractivity contribution >= 4 is 11.3 Å². The van der Waals surface area contributed by atoms with E-state index in [4.69, 9.17) is 4.74 Å². The van der Waals surface area contributed by atoms with Crippen molar-refractivity contribution in [2.45, 2.75) is 70.1 Å². The maximum Gasteiger partial charge on any atom is 0.193 e. The smallest absolute Gasteiger partial charge is 0.193 e. The molecule has 4 heterocycles. The summed E-state index contributed by atoms with van der Waals surface area (Å²) in [6.07, 6.45) is 15.3. The Balaban J connectivity index is 1.22. The summed E-state index contributed by atoms with van der Waals surface area (Å²) in [7, 11) is 0. The van der Waals surface area contributed by atoms with Crippen LogP contribution < -0.4 is 0 Å². The van der Waals surface area contributed by atoms with Crippen LogP contribution in [0.3, 0.4) is 0 Å². The zero-order valence-electron chi connectivity index (χ0n) is 18.1. The second-order valence-corrected chi connectivity index (χ2v) is 10.3. The third-order valence-electron chi connectivity index (χ3n) is 7.34. The molecule has 0 bridgehead atoms. The molecular formula is C24H36N4OS. The number of nitrogens with zero attached hydrogens (tertiary/aromatic N) is 4.